The number of rotatable bonds is 7. The van der Waals surface area contributed by atoms with E-state index in [9.17, 15) is 18.8 Å². The van der Waals surface area contributed by atoms with Gasteiger partial charge < -0.3 is 19.7 Å². The van der Waals surface area contributed by atoms with Crippen molar-refractivity contribution >= 4 is 23.9 Å². The van der Waals surface area contributed by atoms with Crippen LogP contribution < -0.4 is 5.32 Å². The molecule has 0 saturated carbocycles. The summed E-state index contributed by atoms with van der Waals surface area (Å²) in [4.78, 5) is 39.6. The van der Waals surface area contributed by atoms with Crippen molar-refractivity contribution in [2.45, 2.75) is 13.5 Å². The van der Waals surface area contributed by atoms with Gasteiger partial charge in [0.1, 0.15) is 5.82 Å². The number of halogens is 1. The van der Waals surface area contributed by atoms with Gasteiger partial charge in [0.25, 0.3) is 5.91 Å². The third kappa shape index (κ3) is 6.34. The van der Waals surface area contributed by atoms with E-state index in [4.69, 9.17) is 9.84 Å². The second-order valence-electron chi connectivity index (χ2n) is 8.09. The summed E-state index contributed by atoms with van der Waals surface area (Å²) in [6.45, 7) is 1.85. The Morgan fingerprint density at radius 3 is 2.46 bits per heavy atom. The number of nitrogens with one attached hydrogen (secondary N) is 1. The van der Waals surface area contributed by atoms with Gasteiger partial charge in [-0.25, -0.2) is 19.0 Å². The maximum Gasteiger partial charge on any atom is 0.422 e. The Morgan fingerprint density at radius 2 is 1.78 bits per heavy atom. The highest BCUT2D eigenvalue weighted by Gasteiger charge is 2.21. The molecule has 0 spiro atoms. The van der Waals surface area contributed by atoms with Gasteiger partial charge in [-0.3, -0.25) is 4.79 Å². The van der Waals surface area contributed by atoms with Crippen molar-refractivity contribution in [3.05, 3.63) is 114 Å². The third-order valence-electron chi connectivity index (χ3n) is 5.35. The molecular formula is C28H22FN3O5. The van der Waals surface area contributed by atoms with Crippen molar-refractivity contribution < 1.29 is 28.6 Å². The summed E-state index contributed by atoms with van der Waals surface area (Å²) in [6.07, 6.45) is 4.21. The highest BCUT2D eigenvalue weighted by Crippen LogP contribution is 2.21. The molecule has 8 nitrogen and oxygen atoms in total. The second-order valence-corrected chi connectivity index (χ2v) is 8.09. The number of carboxylic acid groups (broad SMARTS) is 1. The summed E-state index contributed by atoms with van der Waals surface area (Å²) in [7, 11) is 0. The predicted molar refractivity (Wildman–Crippen MR) is 134 cm³/mol. The Bertz CT molecular complexity index is 1490. The fourth-order valence-electron chi connectivity index (χ4n) is 3.57. The molecule has 4 rings (SSSR count). The Balaban J connectivity index is 1.55. The standard InChI is InChI=1S/C28H22FN3O5/c1-18-16-32(17-31-18)24-11-10-19(13-23(24)29)14-25(37-28(36)27(34)35)26(33)30-15-20-6-5-9-22(12-20)21-7-3-2-4-8-21/h2-14,16-17H,15H2,1H3,(H,30,33)(H,34,35)/b25-14-. The number of carbonyl (C=O) groups excluding carboxylic acids is 2. The number of hydrogen-bond acceptors (Lipinski definition) is 5. The van der Waals surface area contributed by atoms with Crippen molar-refractivity contribution in [1.82, 2.24) is 14.9 Å². The number of amides is 1. The Labute approximate surface area is 211 Å². The molecule has 1 heterocycles. The minimum Gasteiger partial charge on any atom is -0.473 e. The molecule has 0 bridgehead atoms. The van der Waals surface area contributed by atoms with Gasteiger partial charge in [-0.05, 0) is 53.5 Å². The summed E-state index contributed by atoms with van der Waals surface area (Å²) in [5, 5.41) is 11.5. The summed E-state index contributed by atoms with van der Waals surface area (Å²) in [5.74, 6) is -5.55. The van der Waals surface area contributed by atoms with Gasteiger partial charge >= 0.3 is 11.9 Å². The number of carboxylic acids is 1. The first kappa shape index (κ1) is 25.1. The average molecular weight is 499 g/mol. The average Bonchev–Trinajstić information content (AvgIpc) is 3.33. The molecule has 3 aromatic carbocycles. The van der Waals surface area contributed by atoms with Gasteiger partial charge in [0.2, 0.25) is 0 Å². The monoisotopic (exact) mass is 499 g/mol. The van der Waals surface area contributed by atoms with E-state index >= 15 is 0 Å². The first-order chi connectivity index (χ1) is 17.8. The van der Waals surface area contributed by atoms with Crippen molar-refractivity contribution in [3.8, 4) is 16.8 Å². The molecule has 1 aromatic heterocycles. The van der Waals surface area contributed by atoms with Crippen LogP contribution in [-0.2, 0) is 25.7 Å². The Morgan fingerprint density at radius 1 is 1.03 bits per heavy atom. The summed E-state index contributed by atoms with van der Waals surface area (Å²) in [5.41, 5.74) is 3.84. The van der Waals surface area contributed by atoms with Crippen LogP contribution >= 0.6 is 0 Å². The molecule has 0 unspecified atom stereocenters. The molecule has 2 N–H and O–H groups in total. The van der Waals surface area contributed by atoms with Gasteiger partial charge in [0.15, 0.2) is 5.76 Å². The van der Waals surface area contributed by atoms with Crippen LogP contribution in [-0.4, -0.2) is 32.5 Å². The van der Waals surface area contributed by atoms with Crippen LogP contribution in [0.25, 0.3) is 22.9 Å². The Kier molecular flexibility index (Phi) is 7.53. The minimum absolute atomic E-state index is 0.0781. The predicted octanol–water partition coefficient (Wildman–Crippen LogP) is 4.27. The lowest BCUT2D eigenvalue weighted by molar-refractivity contribution is -0.161. The highest BCUT2D eigenvalue weighted by atomic mass is 19.1. The molecular weight excluding hydrogens is 477 g/mol. The number of nitrogens with zero attached hydrogens (tertiary/aromatic N) is 2. The zero-order valence-electron chi connectivity index (χ0n) is 19.7. The first-order valence-corrected chi connectivity index (χ1v) is 11.2. The number of aromatic nitrogens is 2. The molecule has 0 aliphatic heterocycles. The van der Waals surface area contributed by atoms with Crippen molar-refractivity contribution in [1.29, 1.82) is 0 Å². The number of imidazole rings is 1. The van der Waals surface area contributed by atoms with E-state index in [-0.39, 0.29) is 17.8 Å². The molecule has 37 heavy (non-hydrogen) atoms. The topological polar surface area (TPSA) is 111 Å². The van der Waals surface area contributed by atoms with Gasteiger partial charge in [0, 0.05) is 12.7 Å². The number of hydrogen-bond donors (Lipinski definition) is 2. The molecule has 0 aliphatic carbocycles. The van der Waals surface area contributed by atoms with Crippen LogP contribution in [0.4, 0.5) is 4.39 Å². The number of aliphatic carboxylic acids is 1. The van der Waals surface area contributed by atoms with Gasteiger partial charge in [0.05, 0.1) is 17.7 Å². The van der Waals surface area contributed by atoms with E-state index in [1.165, 1.54) is 23.0 Å². The molecule has 0 atom stereocenters. The maximum atomic E-state index is 14.8. The molecule has 0 aliphatic rings. The van der Waals surface area contributed by atoms with Gasteiger partial charge in [-0.1, -0.05) is 54.6 Å². The molecule has 4 aromatic rings. The molecule has 186 valence electrons. The molecule has 1 amide bonds. The first-order valence-electron chi connectivity index (χ1n) is 11.2. The van der Waals surface area contributed by atoms with E-state index in [0.29, 0.717) is 5.69 Å². The van der Waals surface area contributed by atoms with Crippen LogP contribution in [0.2, 0.25) is 0 Å². The fraction of sp³-hybridized carbons (Fsp3) is 0.0714. The molecule has 9 heteroatoms. The van der Waals surface area contributed by atoms with Crippen molar-refractivity contribution in [3.63, 3.8) is 0 Å². The SMILES string of the molecule is Cc1cn(-c2ccc(/C=C(\OC(=O)C(=O)O)C(=O)NCc3cccc(-c4ccccc4)c3)cc2F)cn1. The Hall–Kier alpha value is -5.05. The smallest absolute Gasteiger partial charge is 0.422 e. The van der Waals surface area contributed by atoms with Crippen LogP contribution in [0.1, 0.15) is 16.8 Å². The molecule has 0 saturated heterocycles. The van der Waals surface area contributed by atoms with E-state index in [1.807, 2.05) is 54.6 Å². The van der Waals surface area contributed by atoms with E-state index < -0.39 is 29.4 Å². The highest BCUT2D eigenvalue weighted by molar-refractivity contribution is 6.29. The summed E-state index contributed by atoms with van der Waals surface area (Å²) >= 11 is 0. The molecule has 0 radical (unpaired) electrons. The summed E-state index contributed by atoms with van der Waals surface area (Å²) < 4.78 is 21.0. The lowest BCUT2D eigenvalue weighted by Gasteiger charge is -2.11. The van der Waals surface area contributed by atoms with Crippen molar-refractivity contribution in [2.24, 2.45) is 0 Å². The lowest BCUT2D eigenvalue weighted by atomic mass is 10.0. The zero-order chi connectivity index (χ0) is 26.4. The minimum atomic E-state index is -1.87. The second kappa shape index (κ2) is 11.1. The number of ether oxygens (including phenoxy) is 1. The van der Waals surface area contributed by atoms with Crippen molar-refractivity contribution in [2.75, 3.05) is 0 Å². The fourth-order valence-corrected chi connectivity index (χ4v) is 3.57. The third-order valence-corrected chi connectivity index (χ3v) is 5.35. The largest absolute Gasteiger partial charge is 0.473 e. The van der Waals surface area contributed by atoms with Gasteiger partial charge in [-0.2, -0.15) is 0 Å². The normalized spacial score (nSPS) is 11.1. The number of carbonyl (C=O) groups is 3. The summed E-state index contributed by atoms with van der Waals surface area (Å²) in [6, 6.07) is 21.3. The van der Waals surface area contributed by atoms with E-state index in [0.717, 1.165) is 28.8 Å². The molecule has 0 fully saturated rings. The van der Waals surface area contributed by atoms with Crippen LogP contribution in [0, 0.1) is 12.7 Å². The maximum absolute atomic E-state index is 14.8. The quantitative estimate of drug-likeness (QED) is 0.170. The van der Waals surface area contributed by atoms with E-state index in [2.05, 4.69) is 10.3 Å². The van der Waals surface area contributed by atoms with E-state index in [1.54, 1.807) is 13.1 Å². The number of aryl methyl sites for hydroxylation is 1. The number of benzene rings is 3. The number of esters is 1. The van der Waals surface area contributed by atoms with Gasteiger partial charge in [-0.15, -0.1) is 0 Å². The zero-order valence-corrected chi connectivity index (χ0v) is 19.7. The lowest BCUT2D eigenvalue weighted by Crippen LogP contribution is -2.28. The van der Waals surface area contributed by atoms with Crippen LogP contribution in [0.3, 0.4) is 0 Å². The van der Waals surface area contributed by atoms with Crippen LogP contribution in [0.5, 0.6) is 0 Å². The van der Waals surface area contributed by atoms with Crippen LogP contribution in [0.15, 0.2) is 91.1 Å².